The Labute approximate surface area is 121 Å². The second-order valence-corrected chi connectivity index (χ2v) is 4.31. The normalized spacial score (nSPS) is 9.15. The molecule has 112 valence electrons. The second-order valence-electron chi connectivity index (χ2n) is 4.31. The van der Waals surface area contributed by atoms with Gasteiger partial charge in [0.05, 0.1) is 6.61 Å². The van der Waals surface area contributed by atoms with Gasteiger partial charge in [-0.1, -0.05) is 44.4 Å². The Kier molecular flexibility index (Phi) is 11.1. The van der Waals surface area contributed by atoms with E-state index in [4.69, 9.17) is 9.47 Å². The Hall–Kier alpha value is -1.84. The summed E-state index contributed by atoms with van der Waals surface area (Å²) in [7, 11) is 0. The molecule has 0 bridgehead atoms. The van der Waals surface area contributed by atoms with E-state index in [2.05, 4.69) is 6.92 Å². The van der Waals surface area contributed by atoms with Crippen molar-refractivity contribution in [3.8, 4) is 5.75 Å². The third-order valence-corrected chi connectivity index (χ3v) is 2.31. The Bertz CT molecular complexity index is 373. The number of hydrogen-bond acceptors (Lipinski definition) is 4. The molecule has 0 aromatic heterocycles. The van der Waals surface area contributed by atoms with Gasteiger partial charge in [-0.25, -0.2) is 0 Å². The molecule has 0 spiro atoms. The fraction of sp³-hybridized carbons (Fsp3) is 0.500. The number of carbonyl (C=O) groups is 2. The summed E-state index contributed by atoms with van der Waals surface area (Å²) in [5, 5.41) is 0. The number of ether oxygens (including phenoxy) is 2. The van der Waals surface area contributed by atoms with Crippen molar-refractivity contribution >= 4 is 11.9 Å². The Morgan fingerprint density at radius 3 is 2.10 bits per heavy atom. The second kappa shape index (κ2) is 12.2. The standard InChI is InChI=1S/C8H8O2.C8H16O2/c1-7(9)10-8-5-3-2-4-6-8;1-3-4-5-6-7-10-8(2)9/h2-6H,1H3;3-7H2,1-2H3. The van der Waals surface area contributed by atoms with E-state index in [9.17, 15) is 9.59 Å². The predicted molar refractivity (Wildman–Crippen MR) is 78.5 cm³/mol. The van der Waals surface area contributed by atoms with Gasteiger partial charge in [0.25, 0.3) is 0 Å². The van der Waals surface area contributed by atoms with Crippen LogP contribution in [-0.2, 0) is 14.3 Å². The highest BCUT2D eigenvalue weighted by molar-refractivity contribution is 5.69. The van der Waals surface area contributed by atoms with E-state index in [-0.39, 0.29) is 11.9 Å². The minimum absolute atomic E-state index is 0.170. The van der Waals surface area contributed by atoms with Crippen molar-refractivity contribution in [1.82, 2.24) is 0 Å². The maximum Gasteiger partial charge on any atom is 0.308 e. The van der Waals surface area contributed by atoms with Gasteiger partial charge >= 0.3 is 11.9 Å². The smallest absolute Gasteiger partial charge is 0.308 e. The van der Waals surface area contributed by atoms with Gasteiger partial charge in [-0.2, -0.15) is 0 Å². The maximum absolute atomic E-state index is 10.4. The molecule has 1 aromatic rings. The molecule has 0 aliphatic carbocycles. The molecule has 0 aliphatic rings. The van der Waals surface area contributed by atoms with E-state index >= 15 is 0 Å². The molecule has 1 rings (SSSR count). The molecular weight excluding hydrogens is 256 g/mol. The SMILES string of the molecule is CC(=O)Oc1ccccc1.CCCCCCOC(C)=O. The zero-order valence-electron chi connectivity index (χ0n) is 12.6. The van der Waals surface area contributed by atoms with Crippen molar-refractivity contribution in [2.24, 2.45) is 0 Å². The molecule has 4 heteroatoms. The molecule has 4 nitrogen and oxygen atoms in total. The number of para-hydroxylation sites is 1. The number of benzene rings is 1. The maximum atomic E-state index is 10.4. The molecule has 0 atom stereocenters. The quantitative estimate of drug-likeness (QED) is 0.452. The first-order chi connectivity index (χ1) is 9.56. The highest BCUT2D eigenvalue weighted by atomic mass is 16.5. The van der Waals surface area contributed by atoms with Gasteiger partial charge in [0.15, 0.2) is 0 Å². The van der Waals surface area contributed by atoms with Crippen LogP contribution in [0, 0.1) is 0 Å². The largest absolute Gasteiger partial charge is 0.466 e. The van der Waals surface area contributed by atoms with Crippen LogP contribution in [0.3, 0.4) is 0 Å². The van der Waals surface area contributed by atoms with Crippen LogP contribution in [0.15, 0.2) is 30.3 Å². The van der Waals surface area contributed by atoms with Gasteiger partial charge in [-0.15, -0.1) is 0 Å². The zero-order valence-corrected chi connectivity index (χ0v) is 12.6. The van der Waals surface area contributed by atoms with Gasteiger partial charge in [0.1, 0.15) is 5.75 Å². The van der Waals surface area contributed by atoms with Gasteiger partial charge in [-0.3, -0.25) is 9.59 Å². The van der Waals surface area contributed by atoms with Gasteiger partial charge < -0.3 is 9.47 Å². The van der Waals surface area contributed by atoms with Gasteiger partial charge in [-0.05, 0) is 18.6 Å². The van der Waals surface area contributed by atoms with E-state index < -0.39 is 0 Å². The highest BCUT2D eigenvalue weighted by Crippen LogP contribution is 2.07. The molecule has 0 saturated heterocycles. The van der Waals surface area contributed by atoms with Crippen LogP contribution in [0.5, 0.6) is 5.75 Å². The molecule has 0 saturated carbocycles. The summed E-state index contributed by atoms with van der Waals surface area (Å²) in [6.07, 6.45) is 4.64. The van der Waals surface area contributed by atoms with Crippen molar-refractivity contribution in [3.63, 3.8) is 0 Å². The first-order valence-corrected chi connectivity index (χ1v) is 6.93. The Morgan fingerprint density at radius 2 is 1.60 bits per heavy atom. The average molecular weight is 280 g/mol. The van der Waals surface area contributed by atoms with Gasteiger partial charge in [0.2, 0.25) is 0 Å². The molecule has 0 aliphatic heterocycles. The third kappa shape index (κ3) is 12.6. The van der Waals surface area contributed by atoms with E-state index in [1.807, 2.05) is 18.2 Å². The van der Waals surface area contributed by atoms with E-state index in [0.717, 1.165) is 6.42 Å². The first kappa shape index (κ1) is 18.2. The summed E-state index contributed by atoms with van der Waals surface area (Å²) in [5.74, 6) is 0.137. The zero-order chi connectivity index (χ0) is 15.2. The Balaban J connectivity index is 0.000000361. The molecule has 0 amide bonds. The highest BCUT2D eigenvalue weighted by Gasteiger charge is 1.93. The molecule has 0 radical (unpaired) electrons. The van der Waals surface area contributed by atoms with Crippen LogP contribution < -0.4 is 4.74 Å². The predicted octanol–water partition coefficient (Wildman–Crippen LogP) is 3.74. The van der Waals surface area contributed by atoms with Crippen molar-refractivity contribution in [1.29, 1.82) is 0 Å². The van der Waals surface area contributed by atoms with Crippen LogP contribution in [-0.4, -0.2) is 18.5 Å². The fourth-order valence-corrected chi connectivity index (χ4v) is 1.40. The van der Waals surface area contributed by atoms with E-state index in [1.165, 1.54) is 33.1 Å². The number of hydrogen-bond donors (Lipinski definition) is 0. The number of rotatable bonds is 6. The lowest BCUT2D eigenvalue weighted by Crippen LogP contribution is -2.00. The topological polar surface area (TPSA) is 52.6 Å². The summed E-state index contributed by atoms with van der Waals surface area (Å²) < 4.78 is 9.52. The van der Waals surface area contributed by atoms with E-state index in [1.54, 1.807) is 12.1 Å². The third-order valence-electron chi connectivity index (χ3n) is 2.31. The lowest BCUT2D eigenvalue weighted by Gasteiger charge is -1.99. The van der Waals surface area contributed by atoms with Crippen molar-refractivity contribution in [2.75, 3.05) is 6.61 Å². The number of unbranched alkanes of at least 4 members (excludes halogenated alkanes) is 3. The minimum atomic E-state index is -0.286. The molecule has 0 heterocycles. The molecule has 20 heavy (non-hydrogen) atoms. The first-order valence-electron chi connectivity index (χ1n) is 6.93. The van der Waals surface area contributed by atoms with Gasteiger partial charge in [0, 0.05) is 13.8 Å². The molecule has 1 aromatic carbocycles. The number of esters is 2. The summed E-state index contributed by atoms with van der Waals surface area (Å²) in [6.45, 7) is 5.58. The summed E-state index contributed by atoms with van der Waals surface area (Å²) in [5.41, 5.74) is 0. The van der Waals surface area contributed by atoms with Crippen LogP contribution in [0.2, 0.25) is 0 Å². The summed E-state index contributed by atoms with van der Waals surface area (Å²) in [6, 6.07) is 8.98. The lowest BCUT2D eigenvalue weighted by molar-refractivity contribution is -0.141. The van der Waals surface area contributed by atoms with Crippen LogP contribution in [0.4, 0.5) is 0 Å². The van der Waals surface area contributed by atoms with Crippen LogP contribution >= 0.6 is 0 Å². The summed E-state index contributed by atoms with van der Waals surface area (Å²) in [4.78, 5) is 20.6. The van der Waals surface area contributed by atoms with E-state index in [0.29, 0.717) is 12.4 Å². The Morgan fingerprint density at radius 1 is 0.950 bits per heavy atom. The number of carbonyl (C=O) groups excluding carboxylic acids is 2. The average Bonchev–Trinajstić information content (AvgIpc) is 2.39. The molecule has 0 N–H and O–H groups in total. The van der Waals surface area contributed by atoms with Crippen LogP contribution in [0.1, 0.15) is 46.5 Å². The minimum Gasteiger partial charge on any atom is -0.466 e. The monoisotopic (exact) mass is 280 g/mol. The van der Waals surface area contributed by atoms with Crippen LogP contribution in [0.25, 0.3) is 0 Å². The fourth-order valence-electron chi connectivity index (χ4n) is 1.40. The summed E-state index contributed by atoms with van der Waals surface area (Å²) >= 11 is 0. The molecule has 0 unspecified atom stereocenters. The van der Waals surface area contributed by atoms with Crippen molar-refractivity contribution in [2.45, 2.75) is 46.5 Å². The van der Waals surface area contributed by atoms with Crippen molar-refractivity contribution in [3.05, 3.63) is 30.3 Å². The lowest BCUT2D eigenvalue weighted by atomic mass is 10.2. The molecule has 0 fully saturated rings. The molecular formula is C16H24O4. The van der Waals surface area contributed by atoms with Crippen molar-refractivity contribution < 1.29 is 19.1 Å².